The minimum absolute atomic E-state index is 0. The Morgan fingerprint density at radius 1 is 1.27 bits per heavy atom. The summed E-state index contributed by atoms with van der Waals surface area (Å²) in [6.07, 6.45) is 4.80. The van der Waals surface area contributed by atoms with E-state index in [-0.39, 0.29) is 18.3 Å². The Bertz CT molecular complexity index is 440. The molecule has 2 saturated heterocycles. The summed E-state index contributed by atoms with van der Waals surface area (Å²) in [6.45, 7) is 5.85. The van der Waals surface area contributed by atoms with Crippen molar-refractivity contribution in [3.05, 3.63) is 22.4 Å². The predicted octanol–water partition coefficient (Wildman–Crippen LogP) is 2.36. The molecule has 22 heavy (non-hydrogen) atoms. The lowest BCUT2D eigenvalue weighted by molar-refractivity contribution is 0.0903. The van der Waals surface area contributed by atoms with Crippen molar-refractivity contribution < 1.29 is 4.79 Å². The highest BCUT2D eigenvalue weighted by molar-refractivity contribution is 7.08. The summed E-state index contributed by atoms with van der Waals surface area (Å²) in [6, 6.07) is 2.24. The van der Waals surface area contributed by atoms with Gasteiger partial charge in [0.1, 0.15) is 0 Å². The molecule has 1 aromatic heterocycles. The van der Waals surface area contributed by atoms with Crippen LogP contribution in [0.2, 0.25) is 0 Å². The van der Waals surface area contributed by atoms with Crippen molar-refractivity contribution in [3.63, 3.8) is 0 Å². The highest BCUT2D eigenvalue weighted by Crippen LogP contribution is 2.18. The van der Waals surface area contributed by atoms with Crippen molar-refractivity contribution in [2.24, 2.45) is 5.92 Å². The summed E-state index contributed by atoms with van der Waals surface area (Å²) in [7, 11) is 0. The zero-order valence-corrected chi connectivity index (χ0v) is 14.6. The van der Waals surface area contributed by atoms with E-state index < -0.39 is 0 Å². The van der Waals surface area contributed by atoms with Crippen molar-refractivity contribution in [2.75, 3.05) is 32.7 Å². The predicted molar refractivity (Wildman–Crippen MR) is 94.1 cm³/mol. The first kappa shape index (κ1) is 17.7. The molecule has 6 heteroatoms. The molecule has 0 saturated carbocycles. The summed E-state index contributed by atoms with van der Waals surface area (Å²) >= 11 is 1.58. The number of hydrogen-bond acceptors (Lipinski definition) is 4. The van der Waals surface area contributed by atoms with Crippen LogP contribution in [0.5, 0.6) is 0 Å². The van der Waals surface area contributed by atoms with Crippen molar-refractivity contribution in [1.29, 1.82) is 0 Å². The van der Waals surface area contributed by atoms with E-state index in [9.17, 15) is 4.79 Å². The van der Waals surface area contributed by atoms with Gasteiger partial charge in [0.05, 0.1) is 0 Å². The number of nitrogens with one attached hydrogen (secondary N) is 2. The molecule has 2 aliphatic heterocycles. The van der Waals surface area contributed by atoms with Crippen LogP contribution in [-0.4, -0.2) is 49.6 Å². The van der Waals surface area contributed by atoms with Gasteiger partial charge in [0.25, 0.3) is 5.91 Å². The van der Waals surface area contributed by atoms with Gasteiger partial charge in [0.2, 0.25) is 0 Å². The molecule has 2 aliphatic rings. The van der Waals surface area contributed by atoms with E-state index in [2.05, 4.69) is 15.5 Å². The second-order valence-electron chi connectivity index (χ2n) is 6.25. The van der Waals surface area contributed by atoms with Crippen LogP contribution < -0.4 is 10.6 Å². The number of hydrogen-bond donors (Lipinski definition) is 2. The minimum Gasteiger partial charge on any atom is -0.349 e. The Kier molecular flexibility index (Phi) is 7.15. The van der Waals surface area contributed by atoms with Gasteiger partial charge in [-0.3, -0.25) is 4.79 Å². The Labute approximate surface area is 143 Å². The topological polar surface area (TPSA) is 44.4 Å². The van der Waals surface area contributed by atoms with Gasteiger partial charge in [-0.2, -0.15) is 11.3 Å². The van der Waals surface area contributed by atoms with E-state index in [1.165, 1.54) is 32.5 Å². The van der Waals surface area contributed by atoms with Crippen molar-refractivity contribution in [3.8, 4) is 0 Å². The average Bonchev–Trinajstić information content (AvgIpc) is 3.05. The summed E-state index contributed by atoms with van der Waals surface area (Å²) in [5.41, 5.74) is 0.803. The van der Waals surface area contributed by atoms with E-state index in [4.69, 9.17) is 0 Å². The molecule has 1 amide bonds. The maximum Gasteiger partial charge on any atom is 0.252 e. The molecular formula is C16H26ClN3OS. The SMILES string of the molecule is Cl.O=C(NC1CCN(CC2CCNCC2)CC1)c1ccsc1. The van der Waals surface area contributed by atoms with Crippen LogP contribution in [0.25, 0.3) is 0 Å². The lowest BCUT2D eigenvalue weighted by atomic mass is 9.96. The molecule has 0 unspecified atom stereocenters. The van der Waals surface area contributed by atoms with Crippen LogP contribution in [0.15, 0.2) is 16.8 Å². The third-order valence-corrected chi connectivity index (χ3v) is 5.36. The Balaban J connectivity index is 0.00000176. The molecule has 0 atom stereocenters. The Morgan fingerprint density at radius 2 is 2.00 bits per heavy atom. The molecule has 0 aromatic carbocycles. The second-order valence-corrected chi connectivity index (χ2v) is 7.03. The van der Waals surface area contributed by atoms with E-state index in [1.54, 1.807) is 11.3 Å². The molecule has 0 aliphatic carbocycles. The third-order valence-electron chi connectivity index (χ3n) is 4.68. The van der Waals surface area contributed by atoms with Gasteiger partial charge < -0.3 is 15.5 Å². The quantitative estimate of drug-likeness (QED) is 0.882. The molecule has 0 radical (unpaired) electrons. The summed E-state index contributed by atoms with van der Waals surface area (Å²) in [5.74, 6) is 0.955. The van der Waals surface area contributed by atoms with Crippen molar-refractivity contribution in [2.45, 2.75) is 31.7 Å². The fourth-order valence-corrected chi connectivity index (χ4v) is 3.99. The normalized spacial score (nSPS) is 21.3. The minimum atomic E-state index is 0. The summed E-state index contributed by atoms with van der Waals surface area (Å²) < 4.78 is 0. The van der Waals surface area contributed by atoms with Crippen LogP contribution in [0.1, 0.15) is 36.0 Å². The lowest BCUT2D eigenvalue weighted by Crippen LogP contribution is -2.46. The maximum absolute atomic E-state index is 12.0. The molecule has 124 valence electrons. The van der Waals surface area contributed by atoms with Gasteiger partial charge in [0, 0.05) is 36.6 Å². The van der Waals surface area contributed by atoms with Crippen LogP contribution in [-0.2, 0) is 0 Å². The second kappa shape index (κ2) is 8.87. The van der Waals surface area contributed by atoms with E-state index in [0.717, 1.165) is 37.4 Å². The molecule has 0 bridgehead atoms. The summed E-state index contributed by atoms with van der Waals surface area (Å²) in [4.78, 5) is 14.6. The number of amides is 1. The van der Waals surface area contributed by atoms with E-state index >= 15 is 0 Å². The van der Waals surface area contributed by atoms with Gasteiger partial charge in [-0.25, -0.2) is 0 Å². The first-order valence-corrected chi connectivity index (χ1v) is 9.01. The van der Waals surface area contributed by atoms with Crippen LogP contribution >= 0.6 is 23.7 Å². The number of rotatable bonds is 4. The van der Waals surface area contributed by atoms with Crippen LogP contribution in [0, 0.1) is 5.92 Å². The number of halogens is 1. The zero-order chi connectivity index (χ0) is 14.5. The van der Waals surface area contributed by atoms with Gasteiger partial charge in [-0.15, -0.1) is 12.4 Å². The van der Waals surface area contributed by atoms with Gasteiger partial charge in [0.15, 0.2) is 0 Å². The number of nitrogens with zero attached hydrogens (tertiary/aromatic N) is 1. The monoisotopic (exact) mass is 343 g/mol. The zero-order valence-electron chi connectivity index (χ0n) is 12.9. The molecule has 0 spiro atoms. The lowest BCUT2D eigenvalue weighted by Gasteiger charge is -2.35. The van der Waals surface area contributed by atoms with E-state index in [1.807, 2.05) is 16.8 Å². The highest BCUT2D eigenvalue weighted by Gasteiger charge is 2.23. The molecule has 1 aromatic rings. The van der Waals surface area contributed by atoms with Gasteiger partial charge in [-0.05, 0) is 56.1 Å². The number of carbonyl (C=O) groups excluding carboxylic acids is 1. The molecule has 3 rings (SSSR count). The molecule has 4 nitrogen and oxygen atoms in total. The number of carbonyl (C=O) groups is 1. The van der Waals surface area contributed by atoms with Crippen LogP contribution in [0.3, 0.4) is 0 Å². The fourth-order valence-electron chi connectivity index (χ4n) is 3.35. The highest BCUT2D eigenvalue weighted by atomic mass is 35.5. The fraction of sp³-hybridized carbons (Fsp3) is 0.688. The first-order chi connectivity index (χ1) is 10.3. The Morgan fingerprint density at radius 3 is 2.64 bits per heavy atom. The maximum atomic E-state index is 12.0. The average molecular weight is 344 g/mol. The third kappa shape index (κ3) is 4.95. The number of thiophene rings is 1. The van der Waals surface area contributed by atoms with Gasteiger partial charge >= 0.3 is 0 Å². The Hall–Kier alpha value is -0.620. The molecule has 2 fully saturated rings. The van der Waals surface area contributed by atoms with Crippen molar-refractivity contribution >= 4 is 29.7 Å². The standard InChI is InChI=1S/C16H25N3OS.ClH/c20-16(14-5-10-21-12-14)18-15-3-8-19(9-4-15)11-13-1-6-17-7-2-13;/h5,10,12-13,15,17H,1-4,6-9,11H2,(H,18,20);1H. The molecule has 2 N–H and O–H groups in total. The first-order valence-electron chi connectivity index (χ1n) is 8.07. The smallest absolute Gasteiger partial charge is 0.252 e. The molecular weight excluding hydrogens is 318 g/mol. The van der Waals surface area contributed by atoms with Crippen LogP contribution in [0.4, 0.5) is 0 Å². The van der Waals surface area contributed by atoms with Gasteiger partial charge in [-0.1, -0.05) is 0 Å². The molecule has 3 heterocycles. The van der Waals surface area contributed by atoms with E-state index in [0.29, 0.717) is 6.04 Å². The number of piperidine rings is 2. The van der Waals surface area contributed by atoms with Crippen molar-refractivity contribution in [1.82, 2.24) is 15.5 Å². The summed E-state index contributed by atoms with van der Waals surface area (Å²) in [5, 5.41) is 10.5. The number of likely N-dealkylation sites (tertiary alicyclic amines) is 1. The largest absolute Gasteiger partial charge is 0.349 e.